The predicted molar refractivity (Wildman–Crippen MR) is 82.7 cm³/mol. The van der Waals surface area contributed by atoms with E-state index in [1.165, 1.54) is 0 Å². The van der Waals surface area contributed by atoms with Crippen LogP contribution >= 0.6 is 0 Å². The largest absolute Gasteiger partial charge is 0.444 e. The van der Waals surface area contributed by atoms with Crippen molar-refractivity contribution < 1.29 is 19.1 Å². The van der Waals surface area contributed by atoms with Crippen LogP contribution in [0.1, 0.15) is 33.3 Å². The van der Waals surface area contributed by atoms with Crippen LogP contribution in [0.15, 0.2) is 30.3 Å². The summed E-state index contributed by atoms with van der Waals surface area (Å²) in [7, 11) is 0. The van der Waals surface area contributed by atoms with E-state index in [-0.39, 0.29) is 5.78 Å². The third-order valence-electron chi connectivity index (χ3n) is 3.39. The van der Waals surface area contributed by atoms with Gasteiger partial charge in [0.1, 0.15) is 11.2 Å². The molecule has 0 bridgehead atoms. The number of nitrogens with one attached hydrogen (secondary N) is 1. The molecule has 1 aliphatic rings. The lowest BCUT2D eigenvalue weighted by molar-refractivity contribution is -0.125. The van der Waals surface area contributed by atoms with Crippen molar-refractivity contribution in [2.24, 2.45) is 0 Å². The van der Waals surface area contributed by atoms with E-state index in [2.05, 4.69) is 5.32 Å². The molecule has 5 nitrogen and oxygen atoms in total. The second-order valence-corrected chi connectivity index (χ2v) is 6.77. The Morgan fingerprint density at radius 3 is 2.41 bits per heavy atom. The van der Waals surface area contributed by atoms with Gasteiger partial charge in [0.05, 0.1) is 12.6 Å². The van der Waals surface area contributed by atoms with E-state index >= 15 is 0 Å². The Morgan fingerprint density at radius 1 is 1.32 bits per heavy atom. The molecular weight excluding hydrogens is 282 g/mol. The van der Waals surface area contributed by atoms with Gasteiger partial charge in [-0.15, -0.1) is 0 Å². The highest BCUT2D eigenvalue weighted by molar-refractivity contribution is 5.96. The van der Waals surface area contributed by atoms with Gasteiger partial charge in [-0.3, -0.25) is 4.79 Å². The molecule has 0 saturated carbocycles. The monoisotopic (exact) mass is 305 g/mol. The Morgan fingerprint density at radius 2 is 1.91 bits per heavy atom. The number of ether oxygens (including phenoxy) is 2. The first-order valence-electron chi connectivity index (χ1n) is 7.41. The summed E-state index contributed by atoms with van der Waals surface area (Å²) in [6.07, 6.45) is -0.177. The van der Waals surface area contributed by atoms with Crippen LogP contribution in [0.4, 0.5) is 4.79 Å². The van der Waals surface area contributed by atoms with Crippen LogP contribution in [-0.2, 0) is 20.7 Å². The zero-order valence-corrected chi connectivity index (χ0v) is 13.5. The summed E-state index contributed by atoms with van der Waals surface area (Å²) < 4.78 is 10.5. The Labute approximate surface area is 131 Å². The number of hydrogen-bond donors (Lipinski definition) is 1. The quantitative estimate of drug-likeness (QED) is 0.849. The van der Waals surface area contributed by atoms with Gasteiger partial charge < -0.3 is 14.8 Å². The van der Waals surface area contributed by atoms with Crippen molar-refractivity contribution in [1.82, 2.24) is 5.32 Å². The summed E-state index contributed by atoms with van der Waals surface area (Å²) in [5.74, 6) is -0.123. The topological polar surface area (TPSA) is 67.9 Å². The lowest BCUT2D eigenvalue weighted by Gasteiger charge is -2.24. The van der Waals surface area contributed by atoms with E-state index in [4.69, 9.17) is 9.47 Å². The van der Waals surface area contributed by atoms with Crippen molar-refractivity contribution in [3.8, 4) is 0 Å². The van der Waals surface area contributed by atoms with Crippen molar-refractivity contribution in [1.29, 1.82) is 0 Å². The van der Waals surface area contributed by atoms with E-state index < -0.39 is 23.3 Å². The number of ketones is 1. The lowest BCUT2D eigenvalue weighted by atomic mass is 9.95. The van der Waals surface area contributed by atoms with Crippen LogP contribution in [-0.4, -0.2) is 35.7 Å². The average Bonchev–Trinajstić information content (AvgIpc) is 3.15. The molecule has 5 heteroatoms. The zero-order valence-electron chi connectivity index (χ0n) is 13.5. The highest BCUT2D eigenvalue weighted by Crippen LogP contribution is 2.29. The second kappa shape index (κ2) is 6.08. The van der Waals surface area contributed by atoms with E-state index in [0.717, 1.165) is 5.56 Å². The maximum atomic E-state index is 12.5. The summed E-state index contributed by atoms with van der Waals surface area (Å²) in [6.45, 7) is 7.49. The molecule has 2 atom stereocenters. The first-order chi connectivity index (χ1) is 10.2. The zero-order chi connectivity index (χ0) is 16.4. The van der Waals surface area contributed by atoms with Crippen LogP contribution in [0, 0.1) is 0 Å². The molecular formula is C17H23NO4. The van der Waals surface area contributed by atoms with Crippen molar-refractivity contribution in [2.45, 2.75) is 51.4 Å². The second-order valence-electron chi connectivity index (χ2n) is 6.77. The number of hydrogen-bond acceptors (Lipinski definition) is 4. The van der Waals surface area contributed by atoms with E-state index in [0.29, 0.717) is 13.0 Å². The number of Topliss-reactive ketones (excluding diaryl/α,β-unsaturated/α-hetero) is 1. The number of epoxide rings is 1. The maximum absolute atomic E-state index is 12.5. The van der Waals surface area contributed by atoms with Crippen molar-refractivity contribution in [2.75, 3.05) is 6.61 Å². The van der Waals surface area contributed by atoms with Gasteiger partial charge in [-0.1, -0.05) is 30.3 Å². The molecule has 2 rings (SSSR count). The van der Waals surface area contributed by atoms with E-state index in [1.54, 1.807) is 27.7 Å². The van der Waals surface area contributed by atoms with Crippen LogP contribution in [0.5, 0.6) is 0 Å². The SMILES string of the molecule is CC(C)(C)OC(=O)NC(Cc1ccccc1)C(=O)[C@@]1(C)CO1. The van der Waals surface area contributed by atoms with Crippen molar-refractivity contribution in [3.63, 3.8) is 0 Å². The number of rotatable bonds is 5. The summed E-state index contributed by atoms with van der Waals surface area (Å²) in [5, 5.41) is 2.68. The summed E-state index contributed by atoms with van der Waals surface area (Å²) in [5.41, 5.74) is -0.417. The third kappa shape index (κ3) is 4.56. The fraction of sp³-hybridized carbons (Fsp3) is 0.529. The van der Waals surface area contributed by atoms with Gasteiger partial charge in [0.15, 0.2) is 5.78 Å². The maximum Gasteiger partial charge on any atom is 0.408 e. The molecule has 1 saturated heterocycles. The molecule has 1 unspecified atom stereocenters. The van der Waals surface area contributed by atoms with Gasteiger partial charge in [0, 0.05) is 0 Å². The van der Waals surface area contributed by atoms with Gasteiger partial charge in [0.25, 0.3) is 0 Å². The van der Waals surface area contributed by atoms with Gasteiger partial charge in [-0.05, 0) is 39.7 Å². The Bertz CT molecular complexity index is 544. The normalized spacial score (nSPS) is 21.8. The number of carbonyl (C=O) groups excluding carboxylic acids is 2. The molecule has 0 spiro atoms. The van der Waals surface area contributed by atoms with Crippen LogP contribution in [0.25, 0.3) is 0 Å². The Hall–Kier alpha value is -1.88. The molecule has 0 radical (unpaired) electrons. The smallest absolute Gasteiger partial charge is 0.408 e. The third-order valence-corrected chi connectivity index (χ3v) is 3.39. The van der Waals surface area contributed by atoms with E-state index in [1.807, 2.05) is 30.3 Å². The molecule has 0 aromatic heterocycles. The van der Waals surface area contributed by atoms with Crippen molar-refractivity contribution >= 4 is 11.9 Å². The van der Waals surface area contributed by atoms with Crippen LogP contribution < -0.4 is 5.32 Å². The van der Waals surface area contributed by atoms with Gasteiger partial charge in [-0.2, -0.15) is 0 Å². The number of benzene rings is 1. The highest BCUT2D eigenvalue weighted by atomic mass is 16.6. The molecule has 1 aromatic rings. The summed E-state index contributed by atoms with van der Waals surface area (Å²) in [6, 6.07) is 8.90. The number of carbonyl (C=O) groups is 2. The number of amides is 1. The molecule has 1 aromatic carbocycles. The fourth-order valence-electron chi connectivity index (χ4n) is 2.13. The molecule has 22 heavy (non-hydrogen) atoms. The fourth-order valence-corrected chi connectivity index (χ4v) is 2.13. The first-order valence-corrected chi connectivity index (χ1v) is 7.41. The summed E-state index contributed by atoms with van der Waals surface area (Å²) >= 11 is 0. The molecule has 1 amide bonds. The Balaban J connectivity index is 2.08. The first kappa shape index (κ1) is 16.5. The molecule has 120 valence electrons. The lowest BCUT2D eigenvalue weighted by Crippen LogP contribution is -2.48. The minimum absolute atomic E-state index is 0.123. The molecule has 1 aliphatic heterocycles. The average molecular weight is 305 g/mol. The number of alkyl carbamates (subject to hydrolysis) is 1. The van der Waals surface area contributed by atoms with Crippen LogP contribution in [0.2, 0.25) is 0 Å². The Kier molecular flexibility index (Phi) is 4.56. The molecule has 0 aliphatic carbocycles. The van der Waals surface area contributed by atoms with Crippen LogP contribution in [0.3, 0.4) is 0 Å². The molecule has 1 N–H and O–H groups in total. The highest BCUT2D eigenvalue weighted by Gasteiger charge is 2.50. The molecule has 1 heterocycles. The molecule has 1 fully saturated rings. The van der Waals surface area contributed by atoms with Gasteiger partial charge >= 0.3 is 6.09 Å². The standard InChI is InChI=1S/C17H23NO4/c1-16(2,3)22-15(20)18-13(14(19)17(4)11-21-17)10-12-8-6-5-7-9-12/h5-9,13H,10-11H2,1-4H3,(H,18,20)/t13?,17-/m1/s1. The van der Waals surface area contributed by atoms with Gasteiger partial charge in [-0.25, -0.2) is 4.79 Å². The van der Waals surface area contributed by atoms with Gasteiger partial charge in [0.2, 0.25) is 0 Å². The van der Waals surface area contributed by atoms with E-state index in [9.17, 15) is 9.59 Å². The minimum atomic E-state index is -0.783. The summed E-state index contributed by atoms with van der Waals surface area (Å²) in [4.78, 5) is 24.5. The van der Waals surface area contributed by atoms with Crippen molar-refractivity contribution in [3.05, 3.63) is 35.9 Å². The predicted octanol–water partition coefficient (Wildman–Crippen LogP) is 2.48. The minimum Gasteiger partial charge on any atom is -0.444 e.